The number of pyridine rings is 1. The number of esters is 1. The summed E-state index contributed by atoms with van der Waals surface area (Å²) in [4.78, 5) is 26.6. The minimum atomic E-state index is -4.70. The first kappa shape index (κ1) is 34.8. The number of carbonyl (C=O) groups excluding carboxylic acids is 1. The van der Waals surface area contributed by atoms with Crippen LogP contribution in [0.2, 0.25) is 5.02 Å². The number of halogens is 6. The normalized spacial score (nSPS) is 20.1. The Kier molecular flexibility index (Phi) is 10.0. The molecule has 0 saturated carbocycles. The number of unbranched alkanes of at least 4 members (excludes halogenated alkanes) is 1. The number of anilines is 1. The molecule has 9 nitrogen and oxygen atoms in total. The summed E-state index contributed by atoms with van der Waals surface area (Å²) in [7, 11) is 0. The predicted molar refractivity (Wildman–Crippen MR) is 166 cm³/mol. The van der Waals surface area contributed by atoms with E-state index < -0.39 is 47.8 Å². The molecule has 47 heavy (non-hydrogen) atoms. The summed E-state index contributed by atoms with van der Waals surface area (Å²) in [6.07, 6.45) is -1.41. The van der Waals surface area contributed by atoms with Gasteiger partial charge < -0.3 is 19.9 Å². The van der Waals surface area contributed by atoms with Crippen LogP contribution in [0.5, 0.6) is 11.9 Å². The van der Waals surface area contributed by atoms with Crippen molar-refractivity contribution in [2.45, 2.75) is 89.2 Å². The van der Waals surface area contributed by atoms with Crippen LogP contribution in [0.15, 0.2) is 18.3 Å². The number of aromatic nitrogens is 3. The Morgan fingerprint density at radius 3 is 2.66 bits per heavy atom. The molecule has 2 saturated heterocycles. The second-order valence-corrected chi connectivity index (χ2v) is 13.5. The molecule has 2 atom stereocenters. The Balaban J connectivity index is 1.47. The second-order valence-electron chi connectivity index (χ2n) is 13.1. The number of fused-ring (bicyclic) bond motifs is 2. The highest BCUT2D eigenvalue weighted by atomic mass is 35.5. The summed E-state index contributed by atoms with van der Waals surface area (Å²) in [5, 5.41) is 0.0460. The molecule has 0 aliphatic carbocycles. The number of rotatable bonds is 11. The van der Waals surface area contributed by atoms with Crippen LogP contribution in [0.1, 0.15) is 64.9 Å². The zero-order chi connectivity index (χ0) is 34.1. The van der Waals surface area contributed by atoms with E-state index in [1.54, 1.807) is 20.8 Å². The molecule has 2 N–H and O–H groups in total. The Morgan fingerprint density at radius 1 is 1.17 bits per heavy atom. The fourth-order valence-electron chi connectivity index (χ4n) is 6.26. The minimum Gasteiger partial charge on any atom is -0.467 e. The summed E-state index contributed by atoms with van der Waals surface area (Å²) >= 11 is 6.55. The standard InChI is InChI=1S/C32H37ClF5N5O4/c1-30(2,3)47-24(44)8-5-4-7-20-21(11-19(39)12-23(20)33)26-25(35)27-22(14-40-26)28(45-17-32(36,37)38)42-29(41-27)46-16-31-9-6-10-43(31)15-18(34)13-31/h11-12,14,18H,4-10,13,15-17,39H2,1-3H3/t18-,31+/m1/s1. The molecular weight excluding hydrogens is 649 g/mol. The Morgan fingerprint density at radius 2 is 1.94 bits per heavy atom. The average molecular weight is 686 g/mol. The monoisotopic (exact) mass is 685 g/mol. The van der Waals surface area contributed by atoms with Gasteiger partial charge >= 0.3 is 18.2 Å². The lowest BCUT2D eigenvalue weighted by molar-refractivity contribution is -0.155. The number of nitrogens with two attached hydrogens (primary N) is 1. The highest BCUT2D eigenvalue weighted by Crippen LogP contribution is 2.41. The molecule has 0 bridgehead atoms. The molecule has 2 fully saturated rings. The van der Waals surface area contributed by atoms with E-state index in [0.717, 1.165) is 12.6 Å². The van der Waals surface area contributed by atoms with Crippen LogP contribution < -0.4 is 15.2 Å². The molecule has 2 aliphatic rings. The number of nitrogen functional groups attached to an aromatic ring is 1. The van der Waals surface area contributed by atoms with Gasteiger partial charge in [0.1, 0.15) is 29.6 Å². The van der Waals surface area contributed by atoms with Crippen LogP contribution in [0.25, 0.3) is 22.2 Å². The molecule has 15 heteroatoms. The van der Waals surface area contributed by atoms with Gasteiger partial charge in [0.05, 0.1) is 10.9 Å². The third-order valence-corrected chi connectivity index (χ3v) is 8.52. The summed E-state index contributed by atoms with van der Waals surface area (Å²) in [5.74, 6) is -1.89. The maximum Gasteiger partial charge on any atom is 0.422 e. The van der Waals surface area contributed by atoms with Crippen LogP contribution in [0.3, 0.4) is 0 Å². The molecular formula is C32H37ClF5N5O4. The van der Waals surface area contributed by atoms with Crippen LogP contribution in [-0.2, 0) is 16.0 Å². The van der Waals surface area contributed by atoms with Crippen LogP contribution in [0.4, 0.5) is 27.6 Å². The number of ether oxygens (including phenoxy) is 3. The van der Waals surface area contributed by atoms with Crippen molar-refractivity contribution >= 4 is 34.2 Å². The van der Waals surface area contributed by atoms with E-state index in [4.69, 9.17) is 31.5 Å². The smallest absolute Gasteiger partial charge is 0.422 e. The summed E-state index contributed by atoms with van der Waals surface area (Å²) < 4.78 is 86.2. The van der Waals surface area contributed by atoms with Gasteiger partial charge in [-0.3, -0.25) is 14.7 Å². The van der Waals surface area contributed by atoms with Crippen LogP contribution >= 0.6 is 11.6 Å². The van der Waals surface area contributed by atoms with Gasteiger partial charge in [-0.05, 0) is 77.1 Å². The fraction of sp³-hybridized carbons (Fsp3) is 0.562. The van der Waals surface area contributed by atoms with Crippen molar-refractivity contribution in [3.63, 3.8) is 0 Å². The van der Waals surface area contributed by atoms with Crippen molar-refractivity contribution in [2.75, 3.05) is 32.0 Å². The maximum absolute atomic E-state index is 16.4. The third kappa shape index (κ3) is 8.32. The number of benzene rings is 1. The molecule has 0 unspecified atom stereocenters. The van der Waals surface area contributed by atoms with E-state index in [0.29, 0.717) is 37.8 Å². The molecule has 1 aromatic carbocycles. The molecule has 0 spiro atoms. The molecule has 0 amide bonds. The quantitative estimate of drug-likeness (QED) is 0.0985. The van der Waals surface area contributed by atoms with Crippen molar-refractivity contribution < 1.29 is 41.0 Å². The van der Waals surface area contributed by atoms with Gasteiger partial charge in [-0.2, -0.15) is 23.1 Å². The predicted octanol–water partition coefficient (Wildman–Crippen LogP) is 7.02. The van der Waals surface area contributed by atoms with E-state index in [1.165, 1.54) is 12.1 Å². The van der Waals surface area contributed by atoms with Gasteiger partial charge in [0, 0.05) is 41.9 Å². The van der Waals surface area contributed by atoms with Gasteiger partial charge in [-0.1, -0.05) is 11.6 Å². The van der Waals surface area contributed by atoms with Crippen molar-refractivity contribution in [3.05, 3.63) is 34.7 Å². The SMILES string of the molecule is CC(C)(C)OC(=O)CCCCc1c(Cl)cc(N)cc1-c1ncc2c(OCC(F)(F)F)nc(OC[C@@]34CCCN3C[C@H](F)C4)nc2c1F. The van der Waals surface area contributed by atoms with E-state index >= 15 is 4.39 Å². The van der Waals surface area contributed by atoms with Crippen molar-refractivity contribution in [1.29, 1.82) is 0 Å². The number of hydrogen-bond donors (Lipinski definition) is 1. The van der Waals surface area contributed by atoms with Gasteiger partial charge in [0.25, 0.3) is 0 Å². The summed E-state index contributed by atoms with van der Waals surface area (Å²) in [6, 6.07) is 2.59. The molecule has 2 aliphatic heterocycles. The molecule has 0 radical (unpaired) electrons. The minimum absolute atomic E-state index is 0.0323. The topological polar surface area (TPSA) is 113 Å². The number of alkyl halides is 4. The first-order chi connectivity index (χ1) is 22.0. The maximum atomic E-state index is 16.4. The van der Waals surface area contributed by atoms with Crippen LogP contribution in [0, 0.1) is 5.82 Å². The van der Waals surface area contributed by atoms with Gasteiger partial charge in [-0.15, -0.1) is 0 Å². The van der Waals surface area contributed by atoms with E-state index in [9.17, 15) is 22.4 Å². The molecule has 5 rings (SSSR count). The molecule has 3 aromatic rings. The zero-order valence-corrected chi connectivity index (χ0v) is 27.1. The first-order valence-electron chi connectivity index (χ1n) is 15.4. The number of hydrogen-bond acceptors (Lipinski definition) is 9. The second kappa shape index (κ2) is 13.5. The van der Waals surface area contributed by atoms with Gasteiger partial charge in [0.15, 0.2) is 12.4 Å². The first-order valence-corrected chi connectivity index (χ1v) is 15.8. The summed E-state index contributed by atoms with van der Waals surface area (Å²) in [6.45, 7) is 4.56. The largest absolute Gasteiger partial charge is 0.467 e. The van der Waals surface area contributed by atoms with E-state index in [-0.39, 0.29) is 64.8 Å². The Bertz CT molecular complexity index is 1640. The van der Waals surface area contributed by atoms with E-state index in [1.807, 2.05) is 4.90 Å². The fourth-order valence-corrected chi connectivity index (χ4v) is 6.58. The molecule has 4 heterocycles. The van der Waals surface area contributed by atoms with E-state index in [2.05, 4.69) is 15.0 Å². The Hall–Kier alpha value is -3.52. The number of nitrogens with zero attached hydrogens (tertiary/aromatic N) is 4. The lowest BCUT2D eigenvalue weighted by Crippen LogP contribution is -2.43. The van der Waals surface area contributed by atoms with Crippen molar-refractivity contribution in [1.82, 2.24) is 19.9 Å². The Labute approximate surface area is 273 Å². The lowest BCUT2D eigenvalue weighted by Gasteiger charge is -2.30. The molecule has 256 valence electrons. The number of carbonyl (C=O) groups is 1. The van der Waals surface area contributed by atoms with Crippen LogP contribution in [-0.4, -0.2) is 75.6 Å². The van der Waals surface area contributed by atoms with Gasteiger partial charge in [-0.25, -0.2) is 8.78 Å². The highest BCUT2D eigenvalue weighted by Gasteiger charge is 2.49. The lowest BCUT2D eigenvalue weighted by atomic mass is 9.95. The van der Waals surface area contributed by atoms with Crippen molar-refractivity contribution in [3.8, 4) is 23.1 Å². The summed E-state index contributed by atoms with van der Waals surface area (Å²) in [5.41, 5.74) is 5.26. The third-order valence-electron chi connectivity index (χ3n) is 8.18. The van der Waals surface area contributed by atoms with Gasteiger partial charge in [0.2, 0.25) is 5.88 Å². The molecule has 2 aromatic heterocycles. The van der Waals surface area contributed by atoms with Crippen molar-refractivity contribution in [2.24, 2.45) is 0 Å². The highest BCUT2D eigenvalue weighted by molar-refractivity contribution is 6.32. The zero-order valence-electron chi connectivity index (χ0n) is 26.4. The average Bonchev–Trinajstić information content (AvgIpc) is 3.48.